The molecule has 0 spiro atoms. The molecule has 3 aromatic rings. The van der Waals surface area contributed by atoms with E-state index in [-0.39, 0.29) is 6.04 Å². The van der Waals surface area contributed by atoms with E-state index in [0.29, 0.717) is 0 Å². The normalized spacial score (nSPS) is 12.5. The highest BCUT2D eigenvalue weighted by Gasteiger charge is 2.14. The molecule has 0 saturated heterocycles. The fourth-order valence-electron chi connectivity index (χ4n) is 2.11. The Bertz CT molecular complexity index is 701. The van der Waals surface area contributed by atoms with Crippen LogP contribution in [0.2, 0.25) is 0 Å². The number of aryl methyl sites for hydroxylation is 1. The molecular weight excluding hydrogens is 236 g/mol. The van der Waals surface area contributed by atoms with E-state index in [1.165, 1.54) is 0 Å². The molecule has 4 heteroatoms. The minimum Gasteiger partial charge on any atom is -0.319 e. The zero-order valence-electron chi connectivity index (χ0n) is 10.6. The number of benzene rings is 1. The number of hydrogen-bond acceptors (Lipinski definition) is 4. The van der Waals surface area contributed by atoms with Crippen LogP contribution in [0.1, 0.15) is 23.0 Å². The fourth-order valence-corrected chi connectivity index (χ4v) is 2.11. The molecule has 1 aromatic carbocycles. The van der Waals surface area contributed by atoms with E-state index in [9.17, 15) is 0 Å². The van der Waals surface area contributed by atoms with Crippen LogP contribution in [0, 0.1) is 6.92 Å². The Morgan fingerprint density at radius 1 is 1.00 bits per heavy atom. The van der Waals surface area contributed by atoms with E-state index in [4.69, 9.17) is 5.73 Å². The molecule has 0 fully saturated rings. The molecule has 0 aliphatic rings. The predicted molar refractivity (Wildman–Crippen MR) is 74.5 cm³/mol. The Morgan fingerprint density at radius 3 is 2.63 bits per heavy atom. The van der Waals surface area contributed by atoms with E-state index >= 15 is 0 Å². The molecule has 94 valence electrons. The lowest BCUT2D eigenvalue weighted by Crippen LogP contribution is -2.14. The molecule has 0 radical (unpaired) electrons. The Labute approximate surface area is 111 Å². The van der Waals surface area contributed by atoms with E-state index in [1.54, 1.807) is 18.6 Å². The molecular formula is C15H14N4. The van der Waals surface area contributed by atoms with Crippen LogP contribution in [0.3, 0.4) is 0 Å². The first-order valence-electron chi connectivity index (χ1n) is 6.12. The van der Waals surface area contributed by atoms with Gasteiger partial charge in [0.05, 0.1) is 23.6 Å². The summed E-state index contributed by atoms with van der Waals surface area (Å²) in [6.07, 6.45) is 7.09. The summed E-state index contributed by atoms with van der Waals surface area (Å²) < 4.78 is 0. The monoisotopic (exact) mass is 250 g/mol. The Morgan fingerprint density at radius 2 is 1.84 bits per heavy atom. The maximum Gasteiger partial charge on any atom is 0.0800 e. The fraction of sp³-hybridized carbons (Fsp3) is 0.133. The highest BCUT2D eigenvalue weighted by molar-refractivity contribution is 5.85. The van der Waals surface area contributed by atoms with Gasteiger partial charge in [-0.2, -0.15) is 0 Å². The minimum absolute atomic E-state index is 0.313. The molecule has 19 heavy (non-hydrogen) atoms. The third-order valence-electron chi connectivity index (χ3n) is 3.15. The maximum atomic E-state index is 6.29. The van der Waals surface area contributed by atoms with E-state index in [1.807, 2.05) is 37.4 Å². The summed E-state index contributed by atoms with van der Waals surface area (Å²) in [5.41, 5.74) is 8.89. The van der Waals surface area contributed by atoms with Crippen LogP contribution in [-0.2, 0) is 0 Å². The van der Waals surface area contributed by atoms with Crippen LogP contribution in [-0.4, -0.2) is 15.0 Å². The molecule has 0 aliphatic heterocycles. The Kier molecular flexibility index (Phi) is 2.93. The number of hydrogen-bond donors (Lipinski definition) is 1. The second-order valence-electron chi connectivity index (χ2n) is 4.51. The lowest BCUT2D eigenvalue weighted by atomic mass is 10.0. The molecule has 0 amide bonds. The van der Waals surface area contributed by atoms with Crippen molar-refractivity contribution in [3.05, 3.63) is 66.0 Å². The molecule has 2 aromatic heterocycles. The number of fused-ring (bicyclic) bond motifs is 1. The van der Waals surface area contributed by atoms with E-state index in [2.05, 4.69) is 15.0 Å². The van der Waals surface area contributed by atoms with Gasteiger partial charge in [0.15, 0.2) is 0 Å². The third kappa shape index (κ3) is 2.18. The lowest BCUT2D eigenvalue weighted by Gasteiger charge is -2.13. The first-order valence-corrected chi connectivity index (χ1v) is 6.12. The van der Waals surface area contributed by atoms with Crippen LogP contribution in [0.25, 0.3) is 10.8 Å². The molecule has 3 rings (SSSR count). The van der Waals surface area contributed by atoms with Crippen molar-refractivity contribution in [2.45, 2.75) is 13.0 Å². The van der Waals surface area contributed by atoms with Crippen LogP contribution >= 0.6 is 0 Å². The number of nitrogens with zero attached hydrogens (tertiary/aromatic N) is 3. The topological polar surface area (TPSA) is 64.7 Å². The summed E-state index contributed by atoms with van der Waals surface area (Å²) in [7, 11) is 0. The van der Waals surface area contributed by atoms with E-state index < -0.39 is 0 Å². The highest BCUT2D eigenvalue weighted by Crippen LogP contribution is 2.24. The number of rotatable bonds is 2. The zero-order chi connectivity index (χ0) is 13.2. The summed E-state index contributed by atoms with van der Waals surface area (Å²) in [6, 6.07) is 7.75. The molecule has 0 bridgehead atoms. The van der Waals surface area contributed by atoms with Gasteiger partial charge in [0.1, 0.15) is 0 Å². The molecule has 1 unspecified atom stereocenters. The summed E-state index contributed by atoms with van der Waals surface area (Å²) >= 11 is 0. The maximum absolute atomic E-state index is 6.29. The van der Waals surface area contributed by atoms with Crippen molar-refractivity contribution in [3.63, 3.8) is 0 Å². The number of aromatic nitrogens is 3. The third-order valence-corrected chi connectivity index (χ3v) is 3.15. The van der Waals surface area contributed by atoms with Crippen LogP contribution in [0.4, 0.5) is 0 Å². The smallest absolute Gasteiger partial charge is 0.0800 e. The summed E-state index contributed by atoms with van der Waals surface area (Å²) in [5, 5.41) is 2.18. The molecule has 1 atom stereocenters. The standard InChI is InChI=1S/C15H14N4/c1-10-6-19-14(9-18-10)15(16)13-8-17-7-11-4-2-3-5-12(11)13/h2-9,15H,16H2,1H3. The average molecular weight is 250 g/mol. The van der Waals surface area contributed by atoms with Gasteiger partial charge in [-0.1, -0.05) is 24.3 Å². The first-order chi connectivity index (χ1) is 9.25. The lowest BCUT2D eigenvalue weighted by molar-refractivity contribution is 0.815. The van der Waals surface area contributed by atoms with Gasteiger partial charge in [-0.05, 0) is 12.3 Å². The largest absolute Gasteiger partial charge is 0.319 e. The van der Waals surface area contributed by atoms with Gasteiger partial charge < -0.3 is 5.73 Å². The van der Waals surface area contributed by atoms with E-state index in [0.717, 1.165) is 27.7 Å². The first kappa shape index (κ1) is 11.7. The second-order valence-corrected chi connectivity index (χ2v) is 4.51. The molecule has 2 N–H and O–H groups in total. The Hall–Kier alpha value is -2.33. The van der Waals surface area contributed by atoms with Crippen LogP contribution in [0.5, 0.6) is 0 Å². The minimum atomic E-state index is -0.313. The molecule has 0 aliphatic carbocycles. The predicted octanol–water partition coefficient (Wildman–Crippen LogP) is 2.38. The van der Waals surface area contributed by atoms with Crippen molar-refractivity contribution in [2.75, 3.05) is 0 Å². The van der Waals surface area contributed by atoms with Crippen molar-refractivity contribution < 1.29 is 0 Å². The van der Waals surface area contributed by atoms with Gasteiger partial charge in [-0.3, -0.25) is 15.0 Å². The van der Waals surface area contributed by atoms with Crippen molar-refractivity contribution in [2.24, 2.45) is 5.73 Å². The van der Waals surface area contributed by atoms with Gasteiger partial charge in [0.25, 0.3) is 0 Å². The van der Waals surface area contributed by atoms with Crippen molar-refractivity contribution >= 4 is 10.8 Å². The molecule has 0 saturated carbocycles. The second kappa shape index (κ2) is 4.74. The average Bonchev–Trinajstić information content (AvgIpc) is 2.47. The molecule has 2 heterocycles. The van der Waals surface area contributed by atoms with Crippen molar-refractivity contribution in [3.8, 4) is 0 Å². The zero-order valence-corrected chi connectivity index (χ0v) is 10.6. The van der Waals surface area contributed by atoms with Gasteiger partial charge in [0.2, 0.25) is 0 Å². The van der Waals surface area contributed by atoms with Gasteiger partial charge >= 0.3 is 0 Å². The summed E-state index contributed by atoms with van der Waals surface area (Å²) in [5.74, 6) is 0. The highest BCUT2D eigenvalue weighted by atomic mass is 14.8. The van der Waals surface area contributed by atoms with Crippen LogP contribution in [0.15, 0.2) is 49.1 Å². The van der Waals surface area contributed by atoms with Gasteiger partial charge in [-0.15, -0.1) is 0 Å². The quantitative estimate of drug-likeness (QED) is 0.758. The van der Waals surface area contributed by atoms with Crippen LogP contribution < -0.4 is 5.73 Å². The Balaban J connectivity index is 2.11. The summed E-state index contributed by atoms with van der Waals surface area (Å²) in [4.78, 5) is 12.8. The number of pyridine rings is 1. The van der Waals surface area contributed by atoms with Gasteiger partial charge in [0, 0.05) is 29.5 Å². The molecule has 4 nitrogen and oxygen atoms in total. The van der Waals surface area contributed by atoms with Crippen molar-refractivity contribution in [1.29, 1.82) is 0 Å². The SMILES string of the molecule is Cc1cnc(C(N)c2cncc3ccccc23)cn1. The number of nitrogens with two attached hydrogens (primary N) is 1. The van der Waals surface area contributed by atoms with Crippen molar-refractivity contribution in [1.82, 2.24) is 15.0 Å². The summed E-state index contributed by atoms with van der Waals surface area (Å²) in [6.45, 7) is 1.90. The van der Waals surface area contributed by atoms with Gasteiger partial charge in [-0.25, -0.2) is 0 Å².